The van der Waals surface area contributed by atoms with Crippen molar-refractivity contribution in [3.63, 3.8) is 0 Å². The van der Waals surface area contributed by atoms with Gasteiger partial charge < -0.3 is 4.90 Å². The Hall–Kier alpha value is -2.13. The molecule has 0 unspecified atom stereocenters. The maximum atomic E-state index is 13.7. The smallest absolute Gasteiger partial charge is 0.243 e. The Bertz CT molecular complexity index is 884. The summed E-state index contributed by atoms with van der Waals surface area (Å²) in [5.41, 5.74) is 0.721. The number of benzene rings is 1. The van der Waals surface area contributed by atoms with Crippen molar-refractivity contribution < 1.29 is 17.2 Å². The van der Waals surface area contributed by atoms with Crippen LogP contribution in [0.15, 0.2) is 29.2 Å². The number of anilines is 1. The fourth-order valence-corrected chi connectivity index (χ4v) is 3.77. The van der Waals surface area contributed by atoms with E-state index in [9.17, 15) is 17.2 Å². The molecule has 0 radical (unpaired) electrons. The van der Waals surface area contributed by atoms with E-state index in [0.29, 0.717) is 11.9 Å². The van der Waals surface area contributed by atoms with Crippen molar-refractivity contribution >= 4 is 15.8 Å². The Kier molecular flexibility index (Phi) is 4.96. The first-order valence-electron chi connectivity index (χ1n) is 7.89. The molecular formula is C16H18F2N4O2S. The molecule has 3 rings (SSSR count). The molecule has 1 aliphatic rings. The van der Waals surface area contributed by atoms with Crippen molar-refractivity contribution in [1.82, 2.24) is 14.7 Å². The topological polar surface area (TPSA) is 75.2 Å². The summed E-state index contributed by atoms with van der Waals surface area (Å²) in [4.78, 5) is 10.1. The number of aromatic nitrogens is 2. The average molecular weight is 368 g/mol. The van der Waals surface area contributed by atoms with Gasteiger partial charge in [0.25, 0.3) is 0 Å². The first-order chi connectivity index (χ1) is 11.8. The van der Waals surface area contributed by atoms with E-state index in [0.717, 1.165) is 49.6 Å². The lowest BCUT2D eigenvalue weighted by atomic mass is 10.3. The molecule has 9 heteroatoms. The lowest BCUT2D eigenvalue weighted by molar-refractivity contribution is 0.542. The molecule has 0 aliphatic carbocycles. The number of hydrogen-bond acceptors (Lipinski definition) is 5. The third-order valence-corrected chi connectivity index (χ3v) is 5.36. The summed E-state index contributed by atoms with van der Waals surface area (Å²) in [5, 5.41) is 0. The molecule has 0 spiro atoms. The quantitative estimate of drug-likeness (QED) is 0.875. The number of nitrogens with one attached hydrogen (secondary N) is 1. The van der Waals surface area contributed by atoms with Crippen molar-refractivity contribution in [1.29, 1.82) is 0 Å². The van der Waals surface area contributed by atoms with Crippen LogP contribution in [0, 0.1) is 18.6 Å². The number of aryl methyl sites for hydroxylation is 1. The number of hydrogen-bond donors (Lipinski definition) is 1. The van der Waals surface area contributed by atoms with E-state index >= 15 is 0 Å². The molecule has 1 aliphatic heterocycles. The van der Waals surface area contributed by atoms with E-state index in [2.05, 4.69) is 19.6 Å². The molecule has 134 valence electrons. The Morgan fingerprint density at radius 3 is 2.56 bits per heavy atom. The van der Waals surface area contributed by atoms with Crippen molar-refractivity contribution in [3.05, 3.63) is 47.4 Å². The highest BCUT2D eigenvalue weighted by Gasteiger charge is 2.20. The van der Waals surface area contributed by atoms with Crippen molar-refractivity contribution in [2.75, 3.05) is 18.0 Å². The zero-order valence-electron chi connectivity index (χ0n) is 13.7. The van der Waals surface area contributed by atoms with Gasteiger partial charge in [-0.2, -0.15) is 0 Å². The van der Waals surface area contributed by atoms with E-state index in [4.69, 9.17) is 0 Å². The summed E-state index contributed by atoms with van der Waals surface area (Å²) >= 11 is 0. The van der Waals surface area contributed by atoms with Gasteiger partial charge in [-0.25, -0.2) is 31.9 Å². The minimum absolute atomic E-state index is 0.179. The molecule has 0 bridgehead atoms. The van der Waals surface area contributed by atoms with E-state index in [1.54, 1.807) is 6.92 Å². The zero-order chi connectivity index (χ0) is 18.0. The molecule has 0 atom stereocenters. The molecule has 1 saturated heterocycles. The lowest BCUT2D eigenvalue weighted by Gasteiger charge is -2.17. The maximum Gasteiger partial charge on any atom is 0.243 e. The summed E-state index contributed by atoms with van der Waals surface area (Å²) in [5.74, 6) is -0.927. The summed E-state index contributed by atoms with van der Waals surface area (Å²) in [6.45, 7) is 3.44. The minimum atomic E-state index is -4.14. The van der Waals surface area contributed by atoms with Crippen LogP contribution < -0.4 is 9.62 Å². The summed E-state index contributed by atoms with van der Waals surface area (Å²) in [6.07, 6.45) is 2.18. The van der Waals surface area contributed by atoms with Gasteiger partial charge in [0.15, 0.2) is 0 Å². The third kappa shape index (κ3) is 4.10. The number of nitrogens with zero attached hydrogens (tertiary/aromatic N) is 3. The molecule has 1 aromatic heterocycles. The Balaban J connectivity index is 1.78. The zero-order valence-corrected chi connectivity index (χ0v) is 14.5. The highest BCUT2D eigenvalue weighted by Crippen LogP contribution is 2.19. The van der Waals surface area contributed by atoms with Crippen LogP contribution in [0.1, 0.15) is 24.4 Å². The second-order valence-corrected chi connectivity index (χ2v) is 7.61. The monoisotopic (exact) mass is 368 g/mol. The number of rotatable bonds is 5. The standard InChI is InChI=1S/C16H18F2N4O2S/c1-11-8-16(22-6-2-3-7-22)21-15(20-11)10-19-25(23,24)14-5-4-12(17)9-13(14)18/h4-5,8-9,19H,2-3,6-7,10H2,1H3. The molecular weight excluding hydrogens is 350 g/mol. The minimum Gasteiger partial charge on any atom is -0.357 e. The van der Waals surface area contributed by atoms with Gasteiger partial charge in [0.1, 0.15) is 28.2 Å². The second kappa shape index (κ2) is 7.01. The molecule has 0 saturated carbocycles. The van der Waals surface area contributed by atoms with Crippen LogP contribution in [-0.4, -0.2) is 31.5 Å². The molecule has 1 aromatic carbocycles. The SMILES string of the molecule is Cc1cc(N2CCCC2)nc(CNS(=O)(=O)c2ccc(F)cc2F)n1. The predicted molar refractivity (Wildman–Crippen MR) is 88.6 cm³/mol. The van der Waals surface area contributed by atoms with Crippen LogP contribution in [0.2, 0.25) is 0 Å². The first-order valence-corrected chi connectivity index (χ1v) is 9.38. The average Bonchev–Trinajstić information content (AvgIpc) is 3.07. The van der Waals surface area contributed by atoms with Crippen LogP contribution in [-0.2, 0) is 16.6 Å². The Morgan fingerprint density at radius 1 is 1.16 bits per heavy atom. The van der Waals surface area contributed by atoms with Crippen molar-refractivity contribution in [2.45, 2.75) is 31.2 Å². The van der Waals surface area contributed by atoms with Crippen LogP contribution >= 0.6 is 0 Å². The Morgan fingerprint density at radius 2 is 1.88 bits per heavy atom. The van der Waals surface area contributed by atoms with Gasteiger partial charge in [-0.3, -0.25) is 0 Å². The van der Waals surface area contributed by atoms with Gasteiger partial charge in [-0.05, 0) is 31.9 Å². The van der Waals surface area contributed by atoms with Gasteiger partial charge in [0, 0.05) is 30.9 Å². The first kappa shape index (κ1) is 17.7. The number of sulfonamides is 1. The molecule has 0 amide bonds. The van der Waals surface area contributed by atoms with Crippen molar-refractivity contribution in [3.8, 4) is 0 Å². The summed E-state index contributed by atoms with van der Waals surface area (Å²) in [7, 11) is -4.14. The fraction of sp³-hybridized carbons (Fsp3) is 0.375. The largest absolute Gasteiger partial charge is 0.357 e. The predicted octanol–water partition coefficient (Wildman–Crippen LogP) is 2.14. The third-order valence-electron chi connectivity index (χ3n) is 3.92. The van der Waals surface area contributed by atoms with Crippen LogP contribution in [0.25, 0.3) is 0 Å². The summed E-state index contributed by atoms with van der Waals surface area (Å²) in [6, 6.07) is 4.16. The van der Waals surface area contributed by atoms with Gasteiger partial charge in [-0.15, -0.1) is 0 Å². The normalized spacial score (nSPS) is 14.9. The molecule has 2 aromatic rings. The molecule has 6 nitrogen and oxygen atoms in total. The van der Waals surface area contributed by atoms with Gasteiger partial charge in [-0.1, -0.05) is 0 Å². The molecule has 25 heavy (non-hydrogen) atoms. The van der Waals surface area contributed by atoms with E-state index in [1.165, 1.54) is 0 Å². The molecule has 2 heterocycles. The van der Waals surface area contributed by atoms with E-state index in [1.807, 2.05) is 6.07 Å². The Labute approximate surface area is 145 Å². The highest BCUT2D eigenvalue weighted by atomic mass is 32.2. The van der Waals surface area contributed by atoms with Gasteiger partial charge in [0.05, 0.1) is 6.54 Å². The van der Waals surface area contributed by atoms with Crippen molar-refractivity contribution in [2.24, 2.45) is 0 Å². The highest BCUT2D eigenvalue weighted by molar-refractivity contribution is 7.89. The van der Waals surface area contributed by atoms with Crippen LogP contribution in [0.4, 0.5) is 14.6 Å². The fourth-order valence-electron chi connectivity index (χ4n) is 2.73. The van der Waals surface area contributed by atoms with Crippen LogP contribution in [0.3, 0.4) is 0 Å². The van der Waals surface area contributed by atoms with E-state index in [-0.39, 0.29) is 6.54 Å². The second-order valence-electron chi connectivity index (χ2n) is 5.88. The van der Waals surface area contributed by atoms with Gasteiger partial charge >= 0.3 is 0 Å². The molecule has 1 fully saturated rings. The van der Waals surface area contributed by atoms with Crippen LogP contribution in [0.5, 0.6) is 0 Å². The summed E-state index contributed by atoms with van der Waals surface area (Å²) < 4.78 is 53.4. The lowest BCUT2D eigenvalue weighted by Crippen LogP contribution is -2.26. The maximum absolute atomic E-state index is 13.7. The van der Waals surface area contributed by atoms with Gasteiger partial charge in [0.2, 0.25) is 10.0 Å². The van der Waals surface area contributed by atoms with E-state index < -0.39 is 26.6 Å². The molecule has 1 N–H and O–H groups in total. The number of halogens is 2.